The highest BCUT2D eigenvalue weighted by atomic mass is 35.5. The molecule has 0 spiro atoms. The topological polar surface area (TPSA) is 26.9 Å². The maximum absolute atomic E-state index is 12.9. The number of rotatable bonds is 4. The van der Waals surface area contributed by atoms with Crippen molar-refractivity contribution in [2.75, 3.05) is 0 Å². The predicted molar refractivity (Wildman–Crippen MR) is 105 cm³/mol. The van der Waals surface area contributed by atoms with Gasteiger partial charge in [0.25, 0.3) is 0 Å². The molecule has 128 valence electrons. The van der Waals surface area contributed by atoms with Gasteiger partial charge in [0.15, 0.2) is 0 Å². The molecule has 0 atom stereocenters. The van der Waals surface area contributed by atoms with Gasteiger partial charge < -0.3 is 0 Å². The molecule has 5 heteroatoms. The Bertz CT molecular complexity index is 1020. The van der Waals surface area contributed by atoms with Crippen molar-refractivity contribution in [3.63, 3.8) is 0 Å². The highest BCUT2D eigenvalue weighted by Crippen LogP contribution is 2.12. The van der Waals surface area contributed by atoms with Crippen LogP contribution < -0.4 is 5.69 Å². The van der Waals surface area contributed by atoms with Gasteiger partial charge in [-0.25, -0.2) is 4.79 Å². The molecule has 0 radical (unpaired) electrons. The summed E-state index contributed by atoms with van der Waals surface area (Å²) in [4.78, 5) is 12.9. The van der Waals surface area contributed by atoms with E-state index in [1.54, 1.807) is 21.4 Å². The van der Waals surface area contributed by atoms with Crippen LogP contribution in [0.25, 0.3) is 0 Å². The fourth-order valence-electron chi connectivity index (χ4n) is 3.00. The van der Waals surface area contributed by atoms with E-state index in [4.69, 9.17) is 23.8 Å². The number of hydrogen-bond acceptors (Lipinski definition) is 2. The summed E-state index contributed by atoms with van der Waals surface area (Å²) in [6.45, 7) is 5.04. The lowest BCUT2D eigenvalue weighted by atomic mass is 10.1. The Hall–Kier alpha value is -2.17. The van der Waals surface area contributed by atoms with Gasteiger partial charge in [0, 0.05) is 11.2 Å². The Morgan fingerprint density at radius 3 is 2.36 bits per heavy atom. The smallest absolute Gasteiger partial charge is 0.296 e. The summed E-state index contributed by atoms with van der Waals surface area (Å²) in [7, 11) is 0. The quantitative estimate of drug-likeness (QED) is 0.620. The van der Waals surface area contributed by atoms with Gasteiger partial charge in [0.2, 0.25) is 0 Å². The Kier molecular flexibility index (Phi) is 5.21. The number of aromatic nitrogens is 2. The van der Waals surface area contributed by atoms with Crippen molar-refractivity contribution in [2.45, 2.75) is 26.9 Å². The second-order valence-electron chi connectivity index (χ2n) is 6.28. The van der Waals surface area contributed by atoms with Crippen LogP contribution in [0.5, 0.6) is 0 Å². The van der Waals surface area contributed by atoms with Crippen molar-refractivity contribution in [1.29, 1.82) is 0 Å². The summed E-state index contributed by atoms with van der Waals surface area (Å²) in [5.74, 6) is 0. The molecule has 3 aromatic rings. The Balaban J connectivity index is 1.97. The number of nitrogens with zero attached hydrogens (tertiary/aromatic N) is 2. The molecule has 0 unspecified atom stereocenters. The van der Waals surface area contributed by atoms with Gasteiger partial charge in [0.1, 0.15) is 4.64 Å². The number of halogens is 1. The first-order valence-electron chi connectivity index (χ1n) is 8.04. The van der Waals surface area contributed by atoms with Crippen LogP contribution in [0.1, 0.15) is 22.3 Å². The normalized spacial score (nSPS) is 10.8. The van der Waals surface area contributed by atoms with Crippen LogP contribution in [-0.2, 0) is 13.1 Å². The third kappa shape index (κ3) is 4.27. The third-order valence-electron chi connectivity index (χ3n) is 4.00. The zero-order chi connectivity index (χ0) is 18.0. The van der Waals surface area contributed by atoms with Crippen molar-refractivity contribution in [3.05, 3.63) is 97.1 Å². The largest absolute Gasteiger partial charge is 0.329 e. The van der Waals surface area contributed by atoms with Crippen LogP contribution in [0, 0.1) is 18.5 Å². The molecule has 3 nitrogen and oxygen atoms in total. The Morgan fingerprint density at radius 2 is 1.68 bits per heavy atom. The van der Waals surface area contributed by atoms with Crippen LogP contribution in [0.2, 0.25) is 5.02 Å². The van der Waals surface area contributed by atoms with E-state index in [0.717, 1.165) is 11.1 Å². The lowest BCUT2D eigenvalue weighted by Crippen LogP contribution is -2.31. The second kappa shape index (κ2) is 7.38. The van der Waals surface area contributed by atoms with Gasteiger partial charge in [-0.05, 0) is 43.2 Å². The van der Waals surface area contributed by atoms with Gasteiger partial charge in [-0.15, -0.1) is 0 Å². The molecule has 0 aliphatic heterocycles. The predicted octanol–water partition coefficient (Wildman–Crippen LogP) is 4.75. The zero-order valence-corrected chi connectivity index (χ0v) is 15.8. The molecular formula is C20H19ClN2OS. The van der Waals surface area contributed by atoms with Gasteiger partial charge in [0.05, 0.1) is 13.1 Å². The first-order valence-corrected chi connectivity index (χ1v) is 8.83. The molecule has 0 saturated heterocycles. The molecule has 0 N–H and O–H groups in total. The van der Waals surface area contributed by atoms with Crippen molar-refractivity contribution in [1.82, 2.24) is 9.13 Å². The highest BCUT2D eigenvalue weighted by Gasteiger charge is 2.06. The molecule has 0 saturated carbocycles. The maximum atomic E-state index is 12.9. The first kappa shape index (κ1) is 17.6. The van der Waals surface area contributed by atoms with Crippen LogP contribution in [0.3, 0.4) is 0 Å². The number of benzene rings is 2. The molecule has 1 aromatic heterocycles. The first-order chi connectivity index (χ1) is 11.9. The van der Waals surface area contributed by atoms with Crippen molar-refractivity contribution in [3.8, 4) is 0 Å². The van der Waals surface area contributed by atoms with Crippen molar-refractivity contribution in [2.24, 2.45) is 0 Å². The van der Waals surface area contributed by atoms with E-state index < -0.39 is 0 Å². The maximum Gasteiger partial charge on any atom is 0.329 e. The molecule has 1 heterocycles. The van der Waals surface area contributed by atoms with Gasteiger partial charge in [-0.1, -0.05) is 65.3 Å². The van der Waals surface area contributed by atoms with E-state index in [1.807, 2.05) is 24.3 Å². The average Bonchev–Trinajstić information content (AvgIpc) is 2.53. The molecule has 2 aromatic carbocycles. The molecule has 0 aliphatic rings. The van der Waals surface area contributed by atoms with E-state index in [-0.39, 0.29) is 5.69 Å². The average molecular weight is 371 g/mol. The number of hydrogen-bond donors (Lipinski definition) is 0. The lowest BCUT2D eigenvalue weighted by Gasteiger charge is -2.12. The lowest BCUT2D eigenvalue weighted by molar-refractivity contribution is 0.622. The Labute approximate surface area is 157 Å². The minimum Gasteiger partial charge on any atom is -0.296 e. The fraction of sp³-hybridized carbons (Fsp3) is 0.200. The van der Waals surface area contributed by atoms with Gasteiger partial charge >= 0.3 is 5.69 Å². The minimum absolute atomic E-state index is 0.119. The van der Waals surface area contributed by atoms with Crippen molar-refractivity contribution >= 4 is 23.8 Å². The van der Waals surface area contributed by atoms with E-state index in [1.165, 1.54) is 11.1 Å². The van der Waals surface area contributed by atoms with Crippen LogP contribution in [0.4, 0.5) is 0 Å². The molecule has 0 fully saturated rings. The number of aryl methyl sites for hydroxylation is 2. The summed E-state index contributed by atoms with van der Waals surface area (Å²) in [5, 5.41) is 0.661. The van der Waals surface area contributed by atoms with E-state index in [2.05, 4.69) is 32.0 Å². The van der Waals surface area contributed by atoms with Crippen LogP contribution in [-0.4, -0.2) is 9.13 Å². The molecule has 25 heavy (non-hydrogen) atoms. The second-order valence-corrected chi connectivity index (χ2v) is 7.13. The molecule has 3 rings (SSSR count). The van der Waals surface area contributed by atoms with E-state index in [0.29, 0.717) is 22.8 Å². The van der Waals surface area contributed by atoms with Crippen LogP contribution in [0.15, 0.2) is 59.5 Å². The van der Waals surface area contributed by atoms with Crippen LogP contribution >= 0.6 is 23.8 Å². The highest BCUT2D eigenvalue weighted by molar-refractivity contribution is 7.71. The van der Waals surface area contributed by atoms with Gasteiger partial charge in [-0.3, -0.25) is 9.13 Å². The minimum atomic E-state index is -0.119. The molecule has 0 amide bonds. The third-order valence-corrected chi connectivity index (χ3v) is 4.60. The summed E-state index contributed by atoms with van der Waals surface area (Å²) >= 11 is 11.4. The summed E-state index contributed by atoms with van der Waals surface area (Å²) in [6.07, 6.45) is 1.74. The molecule has 0 bridgehead atoms. The zero-order valence-electron chi connectivity index (χ0n) is 14.2. The molecular weight excluding hydrogens is 352 g/mol. The van der Waals surface area contributed by atoms with E-state index >= 15 is 0 Å². The standard InChI is InChI=1S/C20H19ClN2OS/c1-14-8-15(2)10-17(9-14)13-23-19(25)6-7-22(20(23)24)12-16-4-3-5-18(21)11-16/h3-11H,12-13H2,1-2H3. The summed E-state index contributed by atoms with van der Waals surface area (Å²) in [5.41, 5.74) is 4.29. The van der Waals surface area contributed by atoms with E-state index in [9.17, 15) is 4.79 Å². The Morgan fingerprint density at radius 1 is 0.960 bits per heavy atom. The summed E-state index contributed by atoms with van der Waals surface area (Å²) < 4.78 is 3.82. The molecule has 0 aliphatic carbocycles. The van der Waals surface area contributed by atoms with Gasteiger partial charge in [-0.2, -0.15) is 0 Å². The monoisotopic (exact) mass is 370 g/mol. The van der Waals surface area contributed by atoms with Crippen molar-refractivity contribution < 1.29 is 0 Å². The summed E-state index contributed by atoms with van der Waals surface area (Å²) in [6, 6.07) is 15.6. The fourth-order valence-corrected chi connectivity index (χ4v) is 3.41. The SMILES string of the molecule is Cc1cc(C)cc(Cn2c(=S)ccn(Cc3cccc(Cl)c3)c2=O)c1.